The lowest BCUT2D eigenvalue weighted by Gasteiger charge is -2.34. The SMILES string of the molecule is CCCCCCCCCCCCC1=NCC[N+]1(CCO)Cc1ccccc1.[Cl-]. The second kappa shape index (κ2) is 15.0. The Morgan fingerprint density at radius 2 is 1.50 bits per heavy atom. The van der Waals surface area contributed by atoms with Gasteiger partial charge in [0.05, 0.1) is 13.2 Å². The standard InChI is InChI=1S/C24H41N2O.ClH/c1-2-3-4-5-6-7-8-9-10-14-17-24-25-18-19-26(24,20-21-27)22-23-15-12-11-13-16-23;/h11-13,15-16,27H,2-10,14,17-22H2,1H3;1H/q+1;/p-1. The number of aliphatic imine (C=N–C) groups is 1. The molecular formula is C24H41ClN2O. The molecule has 1 aliphatic heterocycles. The average molecular weight is 409 g/mol. The first-order valence-electron chi connectivity index (χ1n) is 11.4. The van der Waals surface area contributed by atoms with Gasteiger partial charge < -0.3 is 17.5 Å². The van der Waals surface area contributed by atoms with Crippen molar-refractivity contribution < 1.29 is 22.0 Å². The van der Waals surface area contributed by atoms with Gasteiger partial charge in [-0.05, 0) is 6.42 Å². The third-order valence-electron chi connectivity index (χ3n) is 5.98. The van der Waals surface area contributed by atoms with Gasteiger partial charge in [-0.1, -0.05) is 95.0 Å². The summed E-state index contributed by atoms with van der Waals surface area (Å²) in [5, 5.41) is 9.66. The van der Waals surface area contributed by atoms with E-state index in [0.29, 0.717) is 0 Å². The van der Waals surface area contributed by atoms with Crippen molar-refractivity contribution in [1.82, 2.24) is 0 Å². The minimum Gasteiger partial charge on any atom is -1.00 e. The van der Waals surface area contributed by atoms with Crippen LogP contribution < -0.4 is 12.4 Å². The molecule has 0 spiro atoms. The van der Waals surface area contributed by atoms with Crippen LogP contribution in [0.15, 0.2) is 35.3 Å². The molecule has 0 aliphatic carbocycles. The lowest BCUT2D eigenvalue weighted by Crippen LogP contribution is -3.00. The molecule has 0 aromatic heterocycles. The quantitative estimate of drug-likeness (QED) is 0.351. The molecule has 1 aromatic rings. The van der Waals surface area contributed by atoms with Crippen LogP contribution in [-0.4, -0.2) is 41.7 Å². The molecular weight excluding hydrogens is 368 g/mol. The van der Waals surface area contributed by atoms with Crippen molar-refractivity contribution in [3.05, 3.63) is 35.9 Å². The number of quaternary nitrogens is 1. The Hall–Kier alpha value is -0.900. The summed E-state index contributed by atoms with van der Waals surface area (Å²) in [6.45, 7) is 6.25. The van der Waals surface area contributed by atoms with Gasteiger partial charge in [0.2, 0.25) is 0 Å². The molecule has 0 amide bonds. The molecule has 0 bridgehead atoms. The average Bonchev–Trinajstić information content (AvgIpc) is 3.06. The van der Waals surface area contributed by atoms with Gasteiger partial charge in [-0.25, -0.2) is 4.99 Å². The molecule has 160 valence electrons. The maximum atomic E-state index is 9.66. The van der Waals surface area contributed by atoms with E-state index in [9.17, 15) is 5.11 Å². The number of nitrogens with zero attached hydrogens (tertiary/aromatic N) is 2. The zero-order chi connectivity index (χ0) is 19.2. The zero-order valence-corrected chi connectivity index (χ0v) is 18.7. The first-order valence-corrected chi connectivity index (χ1v) is 11.4. The molecule has 1 aromatic carbocycles. The molecule has 28 heavy (non-hydrogen) atoms. The topological polar surface area (TPSA) is 32.6 Å². The number of aliphatic hydroxyl groups excluding tert-OH is 1. The molecule has 0 saturated carbocycles. The van der Waals surface area contributed by atoms with Crippen LogP contribution in [-0.2, 0) is 6.54 Å². The Labute approximate surface area is 179 Å². The van der Waals surface area contributed by atoms with Crippen molar-refractivity contribution in [2.24, 2.45) is 4.99 Å². The maximum Gasteiger partial charge on any atom is 0.198 e. The second-order valence-electron chi connectivity index (χ2n) is 8.19. The van der Waals surface area contributed by atoms with Crippen molar-refractivity contribution in [2.45, 2.75) is 84.1 Å². The second-order valence-corrected chi connectivity index (χ2v) is 8.19. The van der Waals surface area contributed by atoms with Gasteiger partial charge in [0.25, 0.3) is 0 Å². The lowest BCUT2D eigenvalue weighted by molar-refractivity contribution is -0.850. The fraction of sp³-hybridized carbons (Fsp3) is 0.708. The summed E-state index contributed by atoms with van der Waals surface area (Å²) < 4.78 is 0.873. The van der Waals surface area contributed by atoms with Crippen molar-refractivity contribution in [1.29, 1.82) is 0 Å². The normalized spacial score (nSPS) is 18.7. The lowest BCUT2D eigenvalue weighted by atomic mass is 10.0. The summed E-state index contributed by atoms with van der Waals surface area (Å²) in [7, 11) is 0. The van der Waals surface area contributed by atoms with E-state index in [1.54, 1.807) is 0 Å². The van der Waals surface area contributed by atoms with E-state index < -0.39 is 0 Å². The molecule has 3 nitrogen and oxygen atoms in total. The molecule has 1 N–H and O–H groups in total. The van der Waals surface area contributed by atoms with Crippen LogP contribution in [0.1, 0.15) is 83.1 Å². The molecule has 0 fully saturated rings. The fourth-order valence-electron chi connectivity index (χ4n) is 4.35. The van der Waals surface area contributed by atoms with Crippen LogP contribution >= 0.6 is 0 Å². The number of halogens is 1. The van der Waals surface area contributed by atoms with Gasteiger partial charge in [0, 0.05) is 12.0 Å². The zero-order valence-electron chi connectivity index (χ0n) is 17.9. The maximum absolute atomic E-state index is 9.66. The minimum atomic E-state index is 0. The predicted octanol–water partition coefficient (Wildman–Crippen LogP) is 2.72. The molecule has 2 rings (SSSR count). The van der Waals surface area contributed by atoms with E-state index in [-0.39, 0.29) is 19.0 Å². The van der Waals surface area contributed by atoms with Crippen molar-refractivity contribution in [3.8, 4) is 0 Å². The van der Waals surface area contributed by atoms with Crippen molar-refractivity contribution in [3.63, 3.8) is 0 Å². The Morgan fingerprint density at radius 3 is 2.11 bits per heavy atom. The van der Waals surface area contributed by atoms with Crippen LogP contribution in [0.3, 0.4) is 0 Å². The third-order valence-corrected chi connectivity index (χ3v) is 5.98. The number of rotatable bonds is 15. The summed E-state index contributed by atoms with van der Waals surface area (Å²) >= 11 is 0. The van der Waals surface area contributed by atoms with Crippen LogP contribution in [0.2, 0.25) is 0 Å². The Bertz CT molecular complexity index is 535. The van der Waals surface area contributed by atoms with Crippen LogP contribution in [0.5, 0.6) is 0 Å². The van der Waals surface area contributed by atoms with Crippen LogP contribution in [0.25, 0.3) is 0 Å². The number of benzene rings is 1. The van der Waals surface area contributed by atoms with E-state index in [2.05, 4.69) is 37.3 Å². The van der Waals surface area contributed by atoms with E-state index in [1.807, 2.05) is 0 Å². The van der Waals surface area contributed by atoms with Crippen molar-refractivity contribution in [2.75, 3.05) is 26.2 Å². The highest BCUT2D eigenvalue weighted by Gasteiger charge is 2.37. The smallest absolute Gasteiger partial charge is 0.198 e. The molecule has 1 unspecified atom stereocenters. The van der Waals surface area contributed by atoms with Gasteiger partial charge in [-0.2, -0.15) is 0 Å². The van der Waals surface area contributed by atoms with E-state index in [0.717, 1.165) is 37.1 Å². The number of hydrogen-bond donors (Lipinski definition) is 1. The van der Waals surface area contributed by atoms with Gasteiger partial charge >= 0.3 is 0 Å². The van der Waals surface area contributed by atoms with Gasteiger partial charge in [-0.3, -0.25) is 4.48 Å². The minimum absolute atomic E-state index is 0. The van der Waals surface area contributed by atoms with Gasteiger partial charge in [0.15, 0.2) is 5.84 Å². The molecule has 1 heterocycles. The molecule has 0 radical (unpaired) electrons. The number of aliphatic hydroxyl groups is 1. The highest BCUT2D eigenvalue weighted by molar-refractivity contribution is 5.76. The van der Waals surface area contributed by atoms with Crippen LogP contribution in [0, 0.1) is 0 Å². The van der Waals surface area contributed by atoms with Crippen LogP contribution in [0.4, 0.5) is 0 Å². The number of amidine groups is 1. The third kappa shape index (κ3) is 8.63. The van der Waals surface area contributed by atoms with E-state index in [4.69, 9.17) is 4.99 Å². The fourth-order valence-corrected chi connectivity index (χ4v) is 4.35. The Kier molecular flexibility index (Phi) is 13.5. The predicted molar refractivity (Wildman–Crippen MR) is 116 cm³/mol. The number of unbranched alkanes of at least 4 members (excludes halogenated alkanes) is 9. The van der Waals surface area contributed by atoms with E-state index >= 15 is 0 Å². The van der Waals surface area contributed by atoms with E-state index in [1.165, 1.54) is 75.6 Å². The van der Waals surface area contributed by atoms with Crippen molar-refractivity contribution >= 4 is 5.84 Å². The monoisotopic (exact) mass is 408 g/mol. The molecule has 0 saturated heterocycles. The van der Waals surface area contributed by atoms with Gasteiger partial charge in [0.1, 0.15) is 19.6 Å². The molecule has 1 atom stereocenters. The molecule has 1 aliphatic rings. The summed E-state index contributed by atoms with van der Waals surface area (Å²) in [5.74, 6) is 1.33. The summed E-state index contributed by atoms with van der Waals surface area (Å²) in [6, 6.07) is 10.7. The highest BCUT2D eigenvalue weighted by Crippen LogP contribution is 2.24. The first-order chi connectivity index (χ1) is 13.3. The Balaban J connectivity index is 0.00000392. The molecule has 4 heteroatoms. The summed E-state index contributed by atoms with van der Waals surface area (Å²) in [4.78, 5) is 4.86. The first kappa shape index (κ1) is 25.1. The van der Waals surface area contributed by atoms with Gasteiger partial charge in [-0.15, -0.1) is 0 Å². The summed E-state index contributed by atoms with van der Waals surface area (Å²) in [6.07, 6.45) is 14.8. The summed E-state index contributed by atoms with van der Waals surface area (Å²) in [5.41, 5.74) is 1.35. The number of hydrogen-bond acceptors (Lipinski definition) is 2. The Morgan fingerprint density at radius 1 is 0.893 bits per heavy atom. The highest BCUT2D eigenvalue weighted by atomic mass is 35.5. The largest absolute Gasteiger partial charge is 1.00 e.